The van der Waals surface area contributed by atoms with Gasteiger partial charge in [0.15, 0.2) is 12.0 Å². The van der Waals surface area contributed by atoms with Gasteiger partial charge in [-0.1, -0.05) is 45.9 Å². The van der Waals surface area contributed by atoms with Crippen molar-refractivity contribution in [2.75, 3.05) is 20.3 Å². The lowest BCUT2D eigenvalue weighted by Crippen LogP contribution is -2.48. The zero-order chi connectivity index (χ0) is 24.9. The average Bonchev–Trinajstić information content (AvgIpc) is 2.86. The van der Waals surface area contributed by atoms with Crippen molar-refractivity contribution in [1.82, 2.24) is 10.3 Å². The number of nitrogens with one attached hydrogen (secondary N) is 1. The maximum atomic E-state index is 8.49. The number of hydrogen-bond donors (Lipinski definition) is 1. The van der Waals surface area contributed by atoms with Crippen LogP contribution < -0.4 is 10.1 Å². The number of aromatic nitrogens is 1. The number of aliphatic imine (C=N–C) groups is 1. The molecule has 1 aliphatic carbocycles. The molecule has 34 heavy (non-hydrogen) atoms. The van der Waals surface area contributed by atoms with Crippen LogP contribution in [0.5, 0.6) is 5.75 Å². The van der Waals surface area contributed by atoms with Crippen molar-refractivity contribution >= 4 is 12.0 Å². The summed E-state index contributed by atoms with van der Waals surface area (Å²) in [7, 11) is 1.66. The second-order valence-electron chi connectivity index (χ2n) is 8.84. The molecule has 1 N–H and O–H groups in total. The third-order valence-electron chi connectivity index (χ3n) is 5.57. The van der Waals surface area contributed by atoms with Crippen LogP contribution in [-0.2, 0) is 22.3 Å². The highest BCUT2D eigenvalue weighted by molar-refractivity contribution is 5.62. The first-order valence-corrected chi connectivity index (χ1v) is 12.0. The number of ether oxygens (including phenoxy) is 3. The molecule has 2 aromatic rings. The fraction of sp³-hybridized carbons (Fsp3) is 0.519. The van der Waals surface area contributed by atoms with Crippen LogP contribution in [0.3, 0.4) is 0 Å². The molecule has 184 valence electrons. The van der Waals surface area contributed by atoms with E-state index in [9.17, 15) is 0 Å². The van der Waals surface area contributed by atoms with E-state index in [0.29, 0.717) is 0 Å². The molecule has 1 aromatic heterocycles. The lowest BCUT2D eigenvalue weighted by molar-refractivity contribution is -0.304. The highest BCUT2D eigenvalue weighted by Gasteiger charge is 2.40. The molecule has 4 rings (SSSR count). The van der Waals surface area contributed by atoms with Crippen molar-refractivity contribution in [2.45, 2.75) is 65.6 Å². The van der Waals surface area contributed by atoms with E-state index in [1.165, 1.54) is 11.9 Å². The van der Waals surface area contributed by atoms with Gasteiger partial charge in [-0.25, -0.2) is 4.99 Å². The second-order valence-corrected chi connectivity index (χ2v) is 8.84. The van der Waals surface area contributed by atoms with E-state index in [1.807, 2.05) is 56.4 Å². The number of methoxy groups -OCH3 is 1. The molecule has 1 saturated heterocycles. The summed E-state index contributed by atoms with van der Waals surface area (Å²) < 4.78 is 17.2. The van der Waals surface area contributed by atoms with Crippen LogP contribution >= 0.6 is 0 Å². The van der Waals surface area contributed by atoms with Crippen molar-refractivity contribution < 1.29 is 14.2 Å². The number of hydrogen-bond acceptors (Lipinski definition) is 6. The van der Waals surface area contributed by atoms with Crippen LogP contribution in [0.15, 0.2) is 47.6 Å². The first-order valence-electron chi connectivity index (χ1n) is 12.0. The predicted molar refractivity (Wildman–Crippen MR) is 135 cm³/mol. The lowest BCUT2D eigenvalue weighted by atomic mass is 9.89. The Balaban J connectivity index is 0.000000343. The van der Waals surface area contributed by atoms with Crippen molar-refractivity contribution in [2.24, 2.45) is 10.4 Å². The highest BCUT2D eigenvalue weighted by Crippen LogP contribution is 2.37. The van der Waals surface area contributed by atoms with Gasteiger partial charge >= 0.3 is 0 Å². The Labute approximate surface area is 204 Å². The molecule has 2 aliphatic rings. The van der Waals surface area contributed by atoms with E-state index in [2.05, 4.69) is 29.1 Å². The minimum atomic E-state index is -0.450. The molecule has 0 bridgehead atoms. The number of fused-ring (bicyclic) bond motifs is 1. The van der Waals surface area contributed by atoms with Gasteiger partial charge in [0.05, 0.1) is 32.2 Å². The van der Waals surface area contributed by atoms with Crippen molar-refractivity contribution in [3.05, 3.63) is 53.9 Å². The molecule has 1 aliphatic heterocycles. The van der Waals surface area contributed by atoms with Crippen LogP contribution in [0, 0.1) is 16.9 Å². The largest absolute Gasteiger partial charge is 0.497 e. The van der Waals surface area contributed by atoms with Gasteiger partial charge in [-0.15, -0.1) is 0 Å². The first-order chi connectivity index (χ1) is 16.5. The van der Waals surface area contributed by atoms with E-state index in [1.54, 1.807) is 13.3 Å². The minimum absolute atomic E-state index is 0.0860. The molecule has 1 spiro atoms. The summed E-state index contributed by atoms with van der Waals surface area (Å²) >= 11 is 0. The molecule has 1 fully saturated rings. The number of rotatable bonds is 3. The van der Waals surface area contributed by atoms with Gasteiger partial charge in [0.1, 0.15) is 12.1 Å². The fourth-order valence-electron chi connectivity index (χ4n) is 3.73. The highest BCUT2D eigenvalue weighted by atomic mass is 16.7. The van der Waals surface area contributed by atoms with Gasteiger partial charge in [0, 0.05) is 24.0 Å². The minimum Gasteiger partial charge on any atom is -0.497 e. The normalized spacial score (nSPS) is 18.0. The quantitative estimate of drug-likeness (QED) is 0.275. The molecule has 0 atom stereocenters. The van der Waals surface area contributed by atoms with Crippen molar-refractivity contribution in [3.8, 4) is 11.9 Å². The van der Waals surface area contributed by atoms with E-state index in [-0.39, 0.29) is 5.41 Å². The molecule has 0 unspecified atom stereocenters. The predicted octanol–water partition coefficient (Wildman–Crippen LogP) is 5.57. The third-order valence-corrected chi connectivity index (χ3v) is 5.57. The number of nitriles is 1. The second kappa shape index (κ2) is 13.7. The van der Waals surface area contributed by atoms with Gasteiger partial charge in [-0.05, 0) is 43.0 Å². The van der Waals surface area contributed by atoms with Crippen molar-refractivity contribution in [3.63, 3.8) is 0 Å². The van der Waals surface area contributed by atoms with Gasteiger partial charge < -0.3 is 14.2 Å². The molecule has 0 saturated carbocycles. The summed E-state index contributed by atoms with van der Waals surface area (Å²) in [6.45, 7) is 9.81. The van der Waals surface area contributed by atoms with E-state index in [4.69, 9.17) is 19.5 Å². The Morgan fingerprint density at radius 2 is 1.82 bits per heavy atom. The Bertz CT molecular complexity index is 929. The summed E-state index contributed by atoms with van der Waals surface area (Å²) in [5, 5.41) is 10.9. The zero-order valence-corrected chi connectivity index (χ0v) is 21.1. The molecule has 2 heterocycles. The van der Waals surface area contributed by atoms with E-state index in [0.717, 1.165) is 62.4 Å². The summed E-state index contributed by atoms with van der Waals surface area (Å²) in [5.74, 6) is 0.460. The number of pyridine rings is 1. The summed E-state index contributed by atoms with van der Waals surface area (Å²) in [5.41, 5.74) is 3.16. The Hall–Kier alpha value is -2.95. The fourth-order valence-corrected chi connectivity index (χ4v) is 3.73. The van der Waals surface area contributed by atoms with E-state index >= 15 is 0 Å². The molecule has 7 nitrogen and oxygen atoms in total. The van der Waals surface area contributed by atoms with Crippen molar-refractivity contribution in [1.29, 1.82) is 5.26 Å². The number of benzene rings is 1. The van der Waals surface area contributed by atoms with Crippen LogP contribution in [-0.4, -0.2) is 37.4 Å². The zero-order valence-electron chi connectivity index (χ0n) is 21.1. The Kier molecular flexibility index (Phi) is 11.0. The average molecular weight is 467 g/mol. The van der Waals surface area contributed by atoms with Gasteiger partial charge in [0.25, 0.3) is 0 Å². The van der Waals surface area contributed by atoms with Gasteiger partial charge in [-0.2, -0.15) is 5.26 Å². The summed E-state index contributed by atoms with van der Waals surface area (Å²) in [4.78, 5) is 8.75. The Morgan fingerprint density at radius 3 is 2.44 bits per heavy atom. The van der Waals surface area contributed by atoms with Gasteiger partial charge in [0.2, 0.25) is 0 Å². The molecular weight excluding hydrogens is 428 g/mol. The maximum absolute atomic E-state index is 8.49. The number of para-hydroxylation sites is 1. The molecule has 0 amide bonds. The SMILES string of the molecule is CC.CC1(C)COC2(CCCc3ncc(N=CNC#N)cc3CC2)OC1.COc1ccccc1. The molecular formula is C27H38N4O3. The molecule has 7 heteroatoms. The van der Waals surface area contributed by atoms with Gasteiger partial charge in [-0.3, -0.25) is 10.3 Å². The van der Waals surface area contributed by atoms with Crippen LogP contribution in [0.1, 0.15) is 58.2 Å². The molecule has 1 aromatic carbocycles. The smallest absolute Gasteiger partial charge is 0.182 e. The lowest BCUT2D eigenvalue weighted by Gasteiger charge is -2.44. The van der Waals surface area contributed by atoms with Crippen LogP contribution in [0.2, 0.25) is 0 Å². The molecule has 0 radical (unpaired) electrons. The summed E-state index contributed by atoms with van der Waals surface area (Å²) in [6.07, 6.45) is 9.47. The maximum Gasteiger partial charge on any atom is 0.182 e. The standard InChI is InChI=1S/C18H24N4O2.C7H8O.C2H6/c1-17(2)10-23-18(24-11-17)6-3-4-16-14(5-7-18)8-15(9-21-16)22-13-20-12-19;1-8-7-5-3-2-4-6-7;1-2/h8-9,13H,3-7,10-11H2,1-2H3,(H,20,22);2-6H,1H3;1-2H3. The topological polar surface area (TPSA) is 88.8 Å². The first kappa shape index (κ1) is 27.3. The third kappa shape index (κ3) is 8.44. The monoisotopic (exact) mass is 466 g/mol. The van der Waals surface area contributed by atoms with E-state index < -0.39 is 5.79 Å². The number of nitrogens with zero attached hydrogens (tertiary/aromatic N) is 3. The van der Waals surface area contributed by atoms with Crippen LogP contribution in [0.25, 0.3) is 0 Å². The van der Waals surface area contributed by atoms with Crippen LogP contribution in [0.4, 0.5) is 5.69 Å². The number of aryl methyl sites for hydroxylation is 2. The summed E-state index contributed by atoms with van der Waals surface area (Å²) in [6, 6.07) is 11.7. The Morgan fingerprint density at radius 1 is 1.12 bits per heavy atom.